The summed E-state index contributed by atoms with van der Waals surface area (Å²) in [5.74, 6) is 2.41. The van der Waals surface area contributed by atoms with Crippen LogP contribution in [0.2, 0.25) is 0 Å². The molecular weight excluding hydrogens is 561 g/mol. The molecule has 0 amide bonds. The van der Waals surface area contributed by atoms with Crippen molar-refractivity contribution in [2.45, 2.75) is 83.5 Å². The molecule has 5 heteroatoms. The van der Waals surface area contributed by atoms with Crippen molar-refractivity contribution < 1.29 is 20.1 Å². The normalized spacial score (nSPS) is 20.6. The standard InChI is InChI=1S/C26H29N4.Ir/c1-25(2,3)21-10-9-20-22(28-21)29-23-18-12-16-14-7-8-15(11-14)17(16)13-19(18)27-24(30(20)23)26(4,5)6;/h9-10,13-15H,7-8,11H2,1-6H3;/q-1;. The van der Waals surface area contributed by atoms with Gasteiger partial charge in [0.2, 0.25) is 0 Å². The Labute approximate surface area is 197 Å². The van der Waals surface area contributed by atoms with Crippen molar-refractivity contribution in [2.75, 3.05) is 0 Å². The summed E-state index contributed by atoms with van der Waals surface area (Å²) in [6, 6.07) is 10.4. The monoisotopic (exact) mass is 590 g/mol. The molecule has 4 nitrogen and oxygen atoms in total. The molecule has 2 atom stereocenters. The van der Waals surface area contributed by atoms with Gasteiger partial charge in [-0.2, -0.15) is 0 Å². The molecule has 0 N–H and O–H groups in total. The van der Waals surface area contributed by atoms with E-state index in [0.29, 0.717) is 11.8 Å². The first kappa shape index (κ1) is 21.0. The number of fused-ring (bicyclic) bond motifs is 10. The van der Waals surface area contributed by atoms with Crippen LogP contribution in [0.25, 0.3) is 27.7 Å². The van der Waals surface area contributed by atoms with Gasteiger partial charge in [-0.25, -0.2) is 4.98 Å². The summed E-state index contributed by atoms with van der Waals surface area (Å²) in [6.45, 7) is 13.3. The topological polar surface area (TPSA) is 43.1 Å². The van der Waals surface area contributed by atoms with Gasteiger partial charge in [0, 0.05) is 36.6 Å². The number of hydrogen-bond acceptors (Lipinski definition) is 3. The number of hydrogen-bond donors (Lipinski definition) is 0. The van der Waals surface area contributed by atoms with Crippen LogP contribution in [0.3, 0.4) is 0 Å². The fourth-order valence-electron chi connectivity index (χ4n) is 5.46. The summed E-state index contributed by atoms with van der Waals surface area (Å²) in [7, 11) is 0. The number of aromatic nitrogens is 4. The number of pyridine rings is 1. The van der Waals surface area contributed by atoms with Crippen LogP contribution in [0.4, 0.5) is 0 Å². The summed E-state index contributed by atoms with van der Waals surface area (Å²) in [6.07, 6.45) is 3.91. The van der Waals surface area contributed by atoms with E-state index in [1.165, 1.54) is 30.4 Å². The second-order valence-corrected chi connectivity index (χ2v) is 11.4. The van der Waals surface area contributed by atoms with E-state index in [1.807, 2.05) is 0 Å². The molecule has 31 heavy (non-hydrogen) atoms. The molecule has 2 aliphatic rings. The molecule has 1 aromatic carbocycles. The molecule has 1 radical (unpaired) electrons. The van der Waals surface area contributed by atoms with E-state index in [9.17, 15) is 0 Å². The number of rotatable bonds is 0. The minimum atomic E-state index is -0.110. The molecule has 163 valence electrons. The Morgan fingerprint density at radius 2 is 1.68 bits per heavy atom. The maximum atomic E-state index is 5.19. The Bertz CT molecular complexity index is 1350. The van der Waals surface area contributed by atoms with Crippen LogP contribution in [0.1, 0.15) is 95.3 Å². The van der Waals surface area contributed by atoms with Crippen molar-refractivity contribution in [3.05, 3.63) is 46.9 Å². The quantitative estimate of drug-likeness (QED) is 0.230. The fourth-order valence-corrected chi connectivity index (χ4v) is 5.46. The molecule has 4 aromatic rings. The molecule has 6 rings (SSSR count). The van der Waals surface area contributed by atoms with Crippen LogP contribution in [-0.4, -0.2) is 19.4 Å². The summed E-state index contributed by atoms with van der Waals surface area (Å²) < 4.78 is 2.23. The summed E-state index contributed by atoms with van der Waals surface area (Å²) in [5.41, 5.74) is 7.67. The van der Waals surface area contributed by atoms with Gasteiger partial charge in [0.05, 0.1) is 11.2 Å². The summed E-state index contributed by atoms with van der Waals surface area (Å²) in [4.78, 5) is 15.2. The first-order chi connectivity index (χ1) is 14.1. The van der Waals surface area contributed by atoms with Crippen molar-refractivity contribution in [1.82, 2.24) is 19.4 Å². The molecule has 0 spiro atoms. The zero-order valence-electron chi connectivity index (χ0n) is 19.1. The van der Waals surface area contributed by atoms with Gasteiger partial charge in [-0.1, -0.05) is 53.3 Å². The van der Waals surface area contributed by atoms with E-state index in [2.05, 4.69) is 70.2 Å². The van der Waals surface area contributed by atoms with E-state index in [-0.39, 0.29) is 30.9 Å². The third-order valence-electron chi connectivity index (χ3n) is 7.02. The number of imidazole rings is 1. The average Bonchev–Trinajstić information content (AvgIpc) is 3.37. The minimum absolute atomic E-state index is 0. The molecule has 1 fully saturated rings. The fraction of sp³-hybridized carbons (Fsp3) is 0.500. The maximum absolute atomic E-state index is 5.19. The largest absolute Gasteiger partial charge is 0.320 e. The number of nitrogens with zero attached hydrogens (tertiary/aromatic N) is 4. The van der Waals surface area contributed by atoms with Crippen LogP contribution in [0, 0.1) is 6.07 Å². The molecule has 3 aromatic heterocycles. The van der Waals surface area contributed by atoms with Crippen LogP contribution < -0.4 is 0 Å². The van der Waals surface area contributed by atoms with Crippen LogP contribution in [-0.2, 0) is 30.9 Å². The van der Waals surface area contributed by atoms with E-state index >= 15 is 0 Å². The van der Waals surface area contributed by atoms with Crippen molar-refractivity contribution in [3.63, 3.8) is 0 Å². The molecule has 2 bridgehead atoms. The molecule has 2 aliphatic carbocycles. The zero-order valence-corrected chi connectivity index (χ0v) is 21.5. The smallest absolute Gasteiger partial charge is 0.168 e. The SMILES string of the molecule is CC(C)(C)c1ccc2c(n1)nc1c3[c-]c4c(cc3nc(C(C)(C)C)n21)C1CCC4C1.[Ir]. The Hall–Kier alpha value is -1.84. The van der Waals surface area contributed by atoms with Gasteiger partial charge >= 0.3 is 0 Å². The van der Waals surface area contributed by atoms with Gasteiger partial charge in [-0.3, -0.25) is 9.97 Å². The van der Waals surface area contributed by atoms with E-state index < -0.39 is 0 Å². The third-order valence-corrected chi connectivity index (χ3v) is 7.02. The molecule has 0 saturated heterocycles. The second kappa shape index (κ2) is 6.59. The van der Waals surface area contributed by atoms with Crippen molar-refractivity contribution in [1.29, 1.82) is 0 Å². The minimum Gasteiger partial charge on any atom is -0.320 e. The first-order valence-corrected chi connectivity index (χ1v) is 11.2. The summed E-state index contributed by atoms with van der Waals surface area (Å²) in [5, 5.41) is 1.05. The maximum Gasteiger partial charge on any atom is 0.168 e. The van der Waals surface area contributed by atoms with Gasteiger partial charge in [0.15, 0.2) is 5.65 Å². The van der Waals surface area contributed by atoms with Crippen molar-refractivity contribution >= 4 is 27.7 Å². The summed E-state index contributed by atoms with van der Waals surface area (Å²) >= 11 is 0. The predicted octanol–water partition coefficient (Wildman–Crippen LogP) is 6.19. The molecular formula is C26H29IrN4-. The second-order valence-electron chi connectivity index (χ2n) is 11.4. The Balaban J connectivity index is 0.00000204. The van der Waals surface area contributed by atoms with Gasteiger partial charge < -0.3 is 4.40 Å². The van der Waals surface area contributed by atoms with Gasteiger partial charge in [-0.15, -0.1) is 23.3 Å². The van der Waals surface area contributed by atoms with Crippen LogP contribution in [0.5, 0.6) is 0 Å². The average molecular weight is 590 g/mol. The van der Waals surface area contributed by atoms with Crippen LogP contribution in [0.15, 0.2) is 18.2 Å². The Morgan fingerprint density at radius 1 is 0.935 bits per heavy atom. The van der Waals surface area contributed by atoms with Gasteiger partial charge in [-0.05, 0) is 42.3 Å². The van der Waals surface area contributed by atoms with Crippen LogP contribution >= 0.6 is 0 Å². The number of benzene rings is 1. The Kier molecular flexibility index (Phi) is 4.47. The van der Waals surface area contributed by atoms with E-state index in [1.54, 1.807) is 0 Å². The molecule has 3 heterocycles. The third kappa shape index (κ3) is 3.00. The van der Waals surface area contributed by atoms with Crippen molar-refractivity contribution in [3.8, 4) is 0 Å². The van der Waals surface area contributed by atoms with Gasteiger partial charge in [0.25, 0.3) is 0 Å². The predicted molar refractivity (Wildman–Crippen MR) is 121 cm³/mol. The molecule has 0 aliphatic heterocycles. The zero-order chi connectivity index (χ0) is 21.0. The first-order valence-electron chi connectivity index (χ1n) is 11.2. The molecule has 2 unspecified atom stereocenters. The Morgan fingerprint density at radius 3 is 2.39 bits per heavy atom. The molecule has 1 saturated carbocycles. The van der Waals surface area contributed by atoms with Crippen molar-refractivity contribution in [2.24, 2.45) is 0 Å². The van der Waals surface area contributed by atoms with E-state index in [4.69, 9.17) is 15.0 Å². The van der Waals surface area contributed by atoms with Gasteiger partial charge in [0.1, 0.15) is 5.82 Å². The van der Waals surface area contributed by atoms with E-state index in [0.717, 1.165) is 39.2 Å².